The van der Waals surface area contributed by atoms with Gasteiger partial charge in [-0.2, -0.15) is 5.10 Å². The standard InChI is InChI=1S/C21H19Br2N5S/c1-14-20(23)15(2)27(26-14)12-19-24-25-21(28(19)18-6-4-3-5-7-18)29-13-16-8-10-17(22)11-9-16/h3-11H,12-13H2,1-2H3. The Morgan fingerprint density at radius 3 is 2.31 bits per heavy atom. The summed E-state index contributed by atoms with van der Waals surface area (Å²) in [6.45, 7) is 4.60. The molecular weight excluding hydrogens is 514 g/mol. The summed E-state index contributed by atoms with van der Waals surface area (Å²) in [5.74, 6) is 1.68. The molecule has 2 heterocycles. The number of aryl methyl sites for hydroxylation is 1. The zero-order valence-corrected chi connectivity index (χ0v) is 20.0. The quantitative estimate of drug-likeness (QED) is 0.288. The molecule has 0 aliphatic rings. The number of benzene rings is 2. The number of aromatic nitrogens is 5. The van der Waals surface area contributed by atoms with Crippen LogP contribution in [0, 0.1) is 13.8 Å². The van der Waals surface area contributed by atoms with Crippen molar-refractivity contribution in [3.8, 4) is 5.69 Å². The highest BCUT2D eigenvalue weighted by Gasteiger charge is 2.17. The van der Waals surface area contributed by atoms with E-state index in [0.717, 1.165) is 42.8 Å². The van der Waals surface area contributed by atoms with Crippen LogP contribution < -0.4 is 0 Å². The average Bonchev–Trinajstić information content (AvgIpc) is 3.24. The van der Waals surface area contributed by atoms with Gasteiger partial charge in [0.25, 0.3) is 0 Å². The molecule has 0 amide bonds. The van der Waals surface area contributed by atoms with Gasteiger partial charge in [-0.3, -0.25) is 9.25 Å². The highest BCUT2D eigenvalue weighted by Crippen LogP contribution is 2.27. The minimum atomic E-state index is 0.555. The number of hydrogen-bond donors (Lipinski definition) is 0. The van der Waals surface area contributed by atoms with E-state index in [-0.39, 0.29) is 0 Å². The molecule has 2 aromatic carbocycles. The molecule has 0 unspecified atom stereocenters. The van der Waals surface area contributed by atoms with E-state index in [1.165, 1.54) is 5.56 Å². The fourth-order valence-corrected chi connectivity index (χ4v) is 4.50. The highest BCUT2D eigenvalue weighted by atomic mass is 79.9. The van der Waals surface area contributed by atoms with E-state index in [9.17, 15) is 0 Å². The first-order chi connectivity index (χ1) is 14.0. The summed E-state index contributed by atoms with van der Waals surface area (Å²) in [5, 5.41) is 14.5. The smallest absolute Gasteiger partial charge is 0.196 e. The monoisotopic (exact) mass is 531 g/mol. The lowest BCUT2D eigenvalue weighted by molar-refractivity contribution is 0.619. The van der Waals surface area contributed by atoms with Crippen molar-refractivity contribution in [2.75, 3.05) is 0 Å². The van der Waals surface area contributed by atoms with E-state index in [2.05, 4.69) is 95.0 Å². The molecule has 0 N–H and O–H groups in total. The van der Waals surface area contributed by atoms with Gasteiger partial charge in [0.2, 0.25) is 0 Å². The van der Waals surface area contributed by atoms with Gasteiger partial charge in [-0.1, -0.05) is 58.0 Å². The van der Waals surface area contributed by atoms with E-state index in [4.69, 9.17) is 0 Å². The predicted molar refractivity (Wildman–Crippen MR) is 124 cm³/mol. The molecule has 0 aliphatic carbocycles. The van der Waals surface area contributed by atoms with Crippen LogP contribution in [0.2, 0.25) is 0 Å². The molecule has 5 nitrogen and oxygen atoms in total. The van der Waals surface area contributed by atoms with E-state index in [0.29, 0.717) is 6.54 Å². The summed E-state index contributed by atoms with van der Waals surface area (Å²) in [5.41, 5.74) is 4.34. The molecular formula is C21H19Br2N5S. The van der Waals surface area contributed by atoms with Crippen LogP contribution in [0.3, 0.4) is 0 Å². The van der Waals surface area contributed by atoms with Crippen molar-refractivity contribution in [3.63, 3.8) is 0 Å². The second kappa shape index (κ2) is 8.85. The Morgan fingerprint density at radius 1 is 0.931 bits per heavy atom. The normalized spacial score (nSPS) is 11.2. The molecule has 0 aliphatic heterocycles. The van der Waals surface area contributed by atoms with Gasteiger partial charge in [0.15, 0.2) is 11.0 Å². The maximum Gasteiger partial charge on any atom is 0.196 e. The Hall–Kier alpha value is -1.90. The molecule has 0 radical (unpaired) electrons. The van der Waals surface area contributed by atoms with Gasteiger partial charge in [0, 0.05) is 15.9 Å². The maximum atomic E-state index is 4.63. The molecule has 0 atom stereocenters. The summed E-state index contributed by atoms with van der Waals surface area (Å²) in [4.78, 5) is 0. The van der Waals surface area contributed by atoms with Gasteiger partial charge < -0.3 is 0 Å². The maximum absolute atomic E-state index is 4.63. The number of nitrogens with zero attached hydrogens (tertiary/aromatic N) is 5. The SMILES string of the molecule is Cc1nn(Cc2nnc(SCc3ccc(Br)cc3)n2-c2ccccc2)c(C)c1Br. The highest BCUT2D eigenvalue weighted by molar-refractivity contribution is 9.10. The Bertz CT molecular complexity index is 1120. The first-order valence-electron chi connectivity index (χ1n) is 9.09. The number of thioether (sulfide) groups is 1. The summed E-state index contributed by atoms with van der Waals surface area (Å²) in [6.07, 6.45) is 0. The molecule has 0 spiro atoms. The van der Waals surface area contributed by atoms with Crippen molar-refractivity contribution in [1.82, 2.24) is 24.5 Å². The Kier molecular flexibility index (Phi) is 6.22. The number of halogens is 2. The Balaban J connectivity index is 1.66. The molecule has 4 aromatic rings. The van der Waals surface area contributed by atoms with Gasteiger partial charge in [-0.05, 0) is 59.6 Å². The van der Waals surface area contributed by atoms with E-state index in [1.807, 2.05) is 29.8 Å². The molecule has 29 heavy (non-hydrogen) atoms. The van der Waals surface area contributed by atoms with Gasteiger partial charge in [-0.25, -0.2) is 0 Å². The van der Waals surface area contributed by atoms with Crippen LogP contribution >= 0.6 is 43.6 Å². The number of hydrogen-bond acceptors (Lipinski definition) is 4. The predicted octanol–water partition coefficient (Wildman–Crippen LogP) is 5.95. The fraction of sp³-hybridized carbons (Fsp3) is 0.190. The summed E-state index contributed by atoms with van der Waals surface area (Å²) in [6, 6.07) is 18.6. The van der Waals surface area contributed by atoms with Crippen molar-refractivity contribution in [2.45, 2.75) is 31.3 Å². The lowest BCUT2D eigenvalue weighted by Crippen LogP contribution is -2.10. The first-order valence-corrected chi connectivity index (χ1v) is 11.7. The third kappa shape index (κ3) is 4.49. The lowest BCUT2D eigenvalue weighted by atomic mass is 10.2. The third-order valence-corrected chi connectivity index (χ3v) is 7.26. The Labute approximate surface area is 190 Å². The average molecular weight is 533 g/mol. The summed E-state index contributed by atoms with van der Waals surface area (Å²) < 4.78 is 6.20. The van der Waals surface area contributed by atoms with E-state index < -0.39 is 0 Å². The summed E-state index contributed by atoms with van der Waals surface area (Å²) >= 11 is 8.77. The van der Waals surface area contributed by atoms with Crippen molar-refractivity contribution < 1.29 is 0 Å². The molecule has 8 heteroatoms. The molecule has 4 rings (SSSR count). The topological polar surface area (TPSA) is 48.5 Å². The lowest BCUT2D eigenvalue weighted by Gasteiger charge is -2.11. The van der Waals surface area contributed by atoms with Gasteiger partial charge in [0.05, 0.1) is 15.9 Å². The van der Waals surface area contributed by atoms with Crippen molar-refractivity contribution in [2.24, 2.45) is 0 Å². The van der Waals surface area contributed by atoms with Crippen LogP contribution in [0.15, 0.2) is 68.7 Å². The van der Waals surface area contributed by atoms with Crippen LogP contribution in [-0.2, 0) is 12.3 Å². The molecule has 0 saturated carbocycles. The minimum Gasteiger partial charge on any atom is -0.272 e. The minimum absolute atomic E-state index is 0.555. The van der Waals surface area contributed by atoms with Crippen LogP contribution in [0.1, 0.15) is 22.8 Å². The third-order valence-electron chi connectivity index (χ3n) is 4.58. The molecule has 148 valence electrons. The molecule has 2 aromatic heterocycles. The van der Waals surface area contributed by atoms with Crippen LogP contribution in [-0.4, -0.2) is 24.5 Å². The largest absolute Gasteiger partial charge is 0.272 e. The van der Waals surface area contributed by atoms with E-state index >= 15 is 0 Å². The number of rotatable bonds is 6. The van der Waals surface area contributed by atoms with Gasteiger partial charge in [0.1, 0.15) is 6.54 Å². The second-order valence-electron chi connectivity index (χ2n) is 6.63. The van der Waals surface area contributed by atoms with Gasteiger partial charge in [-0.15, -0.1) is 10.2 Å². The van der Waals surface area contributed by atoms with E-state index in [1.54, 1.807) is 11.8 Å². The van der Waals surface area contributed by atoms with Crippen molar-refractivity contribution >= 4 is 43.6 Å². The Morgan fingerprint density at radius 2 is 1.66 bits per heavy atom. The van der Waals surface area contributed by atoms with Crippen LogP contribution in [0.4, 0.5) is 0 Å². The zero-order valence-electron chi connectivity index (χ0n) is 16.0. The number of para-hydroxylation sites is 1. The molecule has 0 fully saturated rings. The van der Waals surface area contributed by atoms with Crippen LogP contribution in [0.5, 0.6) is 0 Å². The molecule has 0 saturated heterocycles. The van der Waals surface area contributed by atoms with Crippen molar-refractivity contribution in [3.05, 3.63) is 86.3 Å². The van der Waals surface area contributed by atoms with Crippen LogP contribution in [0.25, 0.3) is 5.69 Å². The summed E-state index contributed by atoms with van der Waals surface area (Å²) in [7, 11) is 0. The second-order valence-corrected chi connectivity index (χ2v) is 9.28. The van der Waals surface area contributed by atoms with Gasteiger partial charge >= 0.3 is 0 Å². The fourth-order valence-electron chi connectivity index (χ4n) is 3.02. The first kappa shape index (κ1) is 20.4. The van der Waals surface area contributed by atoms with Crippen molar-refractivity contribution in [1.29, 1.82) is 0 Å². The zero-order chi connectivity index (χ0) is 20.4. The molecule has 0 bridgehead atoms.